The van der Waals surface area contributed by atoms with Crippen LogP contribution in [0, 0.1) is 0 Å². The van der Waals surface area contributed by atoms with Crippen LogP contribution >= 0.6 is 23.5 Å². The zero-order valence-electron chi connectivity index (χ0n) is 23.9. The van der Waals surface area contributed by atoms with Gasteiger partial charge in [-0.3, -0.25) is 9.59 Å². The number of hydrogen-bond acceptors (Lipinski definition) is 9. The first-order chi connectivity index (χ1) is 21.2. The third-order valence-corrected chi connectivity index (χ3v) is 7.50. The molecule has 232 valence electrons. The van der Waals surface area contributed by atoms with Gasteiger partial charge in [-0.25, -0.2) is 14.4 Å². The van der Waals surface area contributed by atoms with Gasteiger partial charge < -0.3 is 30.5 Å². The zero-order chi connectivity index (χ0) is 31.7. The second kappa shape index (κ2) is 18.2. The lowest BCUT2D eigenvalue weighted by atomic mass is 10.1. The van der Waals surface area contributed by atoms with E-state index in [1.165, 1.54) is 23.9 Å². The van der Waals surface area contributed by atoms with Crippen LogP contribution in [-0.2, 0) is 38.8 Å². The highest BCUT2D eigenvalue weighted by atomic mass is 32.2. The normalized spacial score (nSPS) is 11.8. The van der Waals surface area contributed by atoms with Crippen LogP contribution in [0.25, 0.3) is 0 Å². The number of amides is 3. The number of carbonyl (C=O) groups excluding carboxylic acids is 4. The number of alkyl carbamates (subject to hydrolysis) is 1. The maximum atomic E-state index is 13.1. The maximum Gasteiger partial charge on any atom is 0.408 e. The van der Waals surface area contributed by atoms with E-state index < -0.39 is 41.3 Å². The smallest absolute Gasteiger partial charge is 0.408 e. The van der Waals surface area contributed by atoms with Gasteiger partial charge in [0.15, 0.2) is 0 Å². The van der Waals surface area contributed by atoms with Crippen LogP contribution in [0.2, 0.25) is 0 Å². The minimum atomic E-state index is -1.15. The van der Waals surface area contributed by atoms with Crippen molar-refractivity contribution in [3.63, 3.8) is 0 Å². The lowest BCUT2D eigenvalue weighted by Gasteiger charge is -2.18. The minimum Gasteiger partial charge on any atom is -0.480 e. The number of hydrogen-bond donors (Lipinski definition) is 4. The maximum absolute atomic E-state index is 13.1. The van der Waals surface area contributed by atoms with Crippen molar-refractivity contribution in [1.82, 2.24) is 16.0 Å². The predicted molar refractivity (Wildman–Crippen MR) is 168 cm³/mol. The van der Waals surface area contributed by atoms with E-state index in [9.17, 15) is 29.1 Å². The molecule has 3 rings (SSSR count). The minimum absolute atomic E-state index is 0.00646. The quantitative estimate of drug-likeness (QED) is 0.177. The van der Waals surface area contributed by atoms with E-state index in [1.807, 2.05) is 36.4 Å². The predicted octanol–water partition coefficient (Wildman–Crippen LogP) is 4.21. The first-order valence-electron chi connectivity index (χ1n) is 13.4. The Morgan fingerprint density at radius 2 is 1.36 bits per heavy atom. The summed E-state index contributed by atoms with van der Waals surface area (Å²) in [5, 5.41) is 16.4. The van der Waals surface area contributed by atoms with Gasteiger partial charge in [0.2, 0.25) is 5.91 Å². The van der Waals surface area contributed by atoms with Crippen molar-refractivity contribution in [3.8, 4) is 0 Å². The Labute approximate surface area is 263 Å². The van der Waals surface area contributed by atoms with E-state index in [4.69, 9.17) is 9.47 Å². The van der Waals surface area contributed by atoms with Gasteiger partial charge in [-0.05, 0) is 46.8 Å². The molecule has 0 fully saturated rings. The van der Waals surface area contributed by atoms with Crippen molar-refractivity contribution in [2.24, 2.45) is 0 Å². The highest BCUT2D eigenvalue weighted by molar-refractivity contribution is 8.13. The Bertz CT molecular complexity index is 1410. The first-order valence-corrected chi connectivity index (χ1v) is 15.8. The molecule has 0 radical (unpaired) electrons. The summed E-state index contributed by atoms with van der Waals surface area (Å²) in [7, 11) is 0. The molecule has 0 aliphatic rings. The third-order valence-electron chi connectivity index (χ3n) is 5.98. The number of nitrogens with one attached hydrogen (secondary N) is 3. The zero-order valence-corrected chi connectivity index (χ0v) is 25.5. The number of benzene rings is 3. The lowest BCUT2D eigenvalue weighted by molar-refractivity contribution is -0.138. The lowest BCUT2D eigenvalue weighted by Crippen LogP contribution is -2.48. The van der Waals surface area contributed by atoms with E-state index in [1.54, 1.807) is 42.7 Å². The molecule has 0 aliphatic heterocycles. The van der Waals surface area contributed by atoms with Gasteiger partial charge >= 0.3 is 17.4 Å². The van der Waals surface area contributed by atoms with Crippen molar-refractivity contribution >= 4 is 52.7 Å². The molecule has 0 spiro atoms. The van der Waals surface area contributed by atoms with Gasteiger partial charge in [-0.15, -0.1) is 0 Å². The Morgan fingerprint density at radius 1 is 0.750 bits per heavy atom. The van der Waals surface area contributed by atoms with Crippen molar-refractivity contribution in [2.75, 3.05) is 17.8 Å². The molecule has 3 aromatic rings. The number of rotatable bonds is 15. The standard InChI is InChI=1S/C31H33N3O8S2/c1-43-19-26(29(37)38)33-27(35)24-14-8-13-23(15-24)16-32-28(36)25(34-30(39)41-17-21-9-4-2-5-10-21)20-44-31(40)42-18-22-11-6-3-7-12-22/h2-15,25-26H,16-20H2,1H3,(H,32,36)(H,33,35)(H,34,39)(H,37,38)/t25-,26-/m0/s1. The number of carboxylic acid groups (broad SMARTS) is 1. The van der Waals surface area contributed by atoms with Gasteiger partial charge in [0.1, 0.15) is 25.3 Å². The summed E-state index contributed by atoms with van der Waals surface area (Å²) in [5.74, 6) is -2.22. The molecule has 0 aliphatic carbocycles. The van der Waals surface area contributed by atoms with Crippen LogP contribution in [0.4, 0.5) is 9.59 Å². The molecule has 0 saturated heterocycles. The molecule has 13 heteroatoms. The summed E-state index contributed by atoms with van der Waals surface area (Å²) >= 11 is 2.03. The van der Waals surface area contributed by atoms with Gasteiger partial charge in [-0.2, -0.15) is 11.8 Å². The van der Waals surface area contributed by atoms with E-state index in [-0.39, 0.29) is 36.8 Å². The molecule has 3 amide bonds. The summed E-state index contributed by atoms with van der Waals surface area (Å²) < 4.78 is 10.5. The van der Waals surface area contributed by atoms with Gasteiger partial charge in [-0.1, -0.05) is 72.8 Å². The largest absolute Gasteiger partial charge is 0.480 e. The first kappa shape index (κ1) is 34.0. The summed E-state index contributed by atoms with van der Waals surface area (Å²) in [5.41, 5.74) is 2.34. The molecule has 2 atom stereocenters. The highest BCUT2D eigenvalue weighted by Crippen LogP contribution is 2.12. The Kier molecular flexibility index (Phi) is 14.1. The average Bonchev–Trinajstić information content (AvgIpc) is 3.04. The average molecular weight is 640 g/mol. The van der Waals surface area contributed by atoms with Crippen molar-refractivity contribution in [1.29, 1.82) is 0 Å². The fourth-order valence-corrected chi connectivity index (χ4v) is 4.96. The number of carboxylic acids is 1. The van der Waals surface area contributed by atoms with Gasteiger partial charge in [0, 0.05) is 23.6 Å². The van der Waals surface area contributed by atoms with E-state index in [2.05, 4.69) is 16.0 Å². The molecular formula is C31H33N3O8S2. The van der Waals surface area contributed by atoms with Crippen LogP contribution in [0.15, 0.2) is 84.9 Å². The van der Waals surface area contributed by atoms with Crippen molar-refractivity contribution in [3.05, 3.63) is 107 Å². The molecule has 11 nitrogen and oxygen atoms in total. The van der Waals surface area contributed by atoms with Crippen LogP contribution < -0.4 is 16.0 Å². The molecular weight excluding hydrogens is 606 g/mol. The summed E-state index contributed by atoms with van der Waals surface area (Å²) in [6.45, 7) is 0.0415. The molecule has 0 aromatic heterocycles. The van der Waals surface area contributed by atoms with E-state index >= 15 is 0 Å². The molecule has 0 bridgehead atoms. The number of thioether (sulfide) groups is 2. The van der Waals surface area contributed by atoms with Gasteiger partial charge in [0.05, 0.1) is 0 Å². The highest BCUT2D eigenvalue weighted by Gasteiger charge is 2.24. The monoisotopic (exact) mass is 639 g/mol. The summed E-state index contributed by atoms with van der Waals surface area (Å²) in [6.07, 6.45) is 0.895. The SMILES string of the molecule is CSC[C@H](NC(=O)c1cccc(CNC(=O)[C@H](CSC(=O)OCc2ccccc2)NC(=O)OCc2ccccc2)c1)C(=O)O. The fraction of sp³-hybridized carbons (Fsp3) is 0.258. The van der Waals surface area contributed by atoms with Crippen LogP contribution in [0.1, 0.15) is 27.0 Å². The molecule has 0 saturated carbocycles. The van der Waals surface area contributed by atoms with Crippen LogP contribution in [0.3, 0.4) is 0 Å². The summed E-state index contributed by atoms with van der Waals surface area (Å²) in [4.78, 5) is 62.1. The topological polar surface area (TPSA) is 160 Å². The van der Waals surface area contributed by atoms with Crippen LogP contribution in [0.5, 0.6) is 0 Å². The van der Waals surface area contributed by atoms with Gasteiger partial charge in [0.25, 0.3) is 5.91 Å². The third kappa shape index (κ3) is 12.0. The van der Waals surface area contributed by atoms with Crippen molar-refractivity contribution < 1.29 is 38.6 Å². The number of ether oxygens (including phenoxy) is 2. The number of aliphatic carboxylic acids is 1. The Hall–Kier alpha value is -4.49. The van der Waals surface area contributed by atoms with E-state index in [0.717, 1.165) is 22.9 Å². The van der Waals surface area contributed by atoms with E-state index in [0.29, 0.717) is 5.56 Å². The van der Waals surface area contributed by atoms with Crippen LogP contribution in [-0.4, -0.2) is 64.1 Å². The molecule has 0 unspecified atom stereocenters. The fourth-order valence-electron chi connectivity index (χ4n) is 3.72. The van der Waals surface area contributed by atoms with Crippen molar-refractivity contribution in [2.45, 2.75) is 31.8 Å². The molecule has 4 N–H and O–H groups in total. The second-order valence-electron chi connectivity index (χ2n) is 9.33. The Balaban J connectivity index is 1.60. The molecule has 3 aromatic carbocycles. The Morgan fingerprint density at radius 3 is 1.98 bits per heavy atom. The molecule has 0 heterocycles. The number of carbonyl (C=O) groups is 5. The summed E-state index contributed by atoms with van der Waals surface area (Å²) in [6, 6.07) is 22.3. The second-order valence-corrected chi connectivity index (χ2v) is 11.2. The molecule has 44 heavy (non-hydrogen) atoms.